The van der Waals surface area contributed by atoms with Gasteiger partial charge >= 0.3 is 0 Å². The number of anilines is 1. The number of likely N-dealkylation sites (N-methyl/N-ethyl adjacent to an activating group) is 1. The van der Waals surface area contributed by atoms with E-state index in [0.29, 0.717) is 31.0 Å². The van der Waals surface area contributed by atoms with Crippen LogP contribution in [0.2, 0.25) is 0 Å². The van der Waals surface area contributed by atoms with Crippen molar-refractivity contribution in [3.05, 3.63) is 95.6 Å². The molecule has 41 heavy (non-hydrogen) atoms. The summed E-state index contributed by atoms with van der Waals surface area (Å²) in [5.74, 6) is 0.0245. The van der Waals surface area contributed by atoms with Gasteiger partial charge in [0.1, 0.15) is 11.8 Å². The van der Waals surface area contributed by atoms with Crippen molar-refractivity contribution in [1.82, 2.24) is 10.2 Å². The van der Waals surface area contributed by atoms with Crippen LogP contribution < -0.4 is 14.4 Å². The number of aryl methyl sites for hydroxylation is 1. The standard InChI is InChI=1S/C32H41N3O5S/c1-5-33-32(37)29(23-26-13-8-7-9-14-26)34(24-27-20-18-25(3)19-21-27)31(36)17-12-22-35(41(4,38)39)28-15-10-11-16-30(28)40-6-2/h7-11,13-16,18-21,29H,5-6,12,17,22-24H2,1-4H3,(H,33,37)/t29-/m1/s1. The monoisotopic (exact) mass is 579 g/mol. The fraction of sp³-hybridized carbons (Fsp3) is 0.375. The minimum Gasteiger partial charge on any atom is -0.492 e. The van der Waals surface area contributed by atoms with Crippen LogP contribution in [0.5, 0.6) is 5.75 Å². The Morgan fingerprint density at radius 3 is 2.20 bits per heavy atom. The summed E-state index contributed by atoms with van der Waals surface area (Å²) in [6.45, 7) is 6.88. The first-order valence-electron chi connectivity index (χ1n) is 14.0. The lowest BCUT2D eigenvalue weighted by atomic mass is 10.0. The van der Waals surface area contributed by atoms with Gasteiger partial charge in [0.15, 0.2) is 0 Å². The number of nitrogens with one attached hydrogen (secondary N) is 1. The maximum atomic E-state index is 13.8. The molecule has 9 heteroatoms. The lowest BCUT2D eigenvalue weighted by Crippen LogP contribution is -2.50. The fourth-order valence-corrected chi connectivity index (χ4v) is 5.63. The highest BCUT2D eigenvalue weighted by Gasteiger charge is 2.30. The molecule has 0 radical (unpaired) electrons. The Morgan fingerprint density at radius 2 is 1.56 bits per heavy atom. The molecule has 220 valence electrons. The van der Waals surface area contributed by atoms with E-state index < -0.39 is 16.1 Å². The summed E-state index contributed by atoms with van der Waals surface area (Å²) in [5, 5.41) is 2.90. The van der Waals surface area contributed by atoms with Crippen molar-refractivity contribution in [3.8, 4) is 5.75 Å². The third kappa shape index (κ3) is 9.35. The third-order valence-electron chi connectivity index (χ3n) is 6.68. The number of hydrogen-bond donors (Lipinski definition) is 1. The van der Waals surface area contributed by atoms with Gasteiger partial charge in [0.2, 0.25) is 21.8 Å². The van der Waals surface area contributed by atoms with E-state index in [-0.39, 0.29) is 37.7 Å². The van der Waals surface area contributed by atoms with Crippen molar-refractivity contribution in [2.24, 2.45) is 0 Å². The van der Waals surface area contributed by atoms with Gasteiger partial charge in [-0.3, -0.25) is 13.9 Å². The molecule has 0 unspecified atom stereocenters. The maximum Gasteiger partial charge on any atom is 0.243 e. The van der Waals surface area contributed by atoms with Crippen LogP contribution in [0.25, 0.3) is 0 Å². The van der Waals surface area contributed by atoms with E-state index in [1.807, 2.05) is 75.4 Å². The Kier molecular flexibility index (Phi) is 11.8. The predicted octanol–water partition coefficient (Wildman–Crippen LogP) is 4.72. The van der Waals surface area contributed by atoms with Gasteiger partial charge in [-0.1, -0.05) is 72.3 Å². The van der Waals surface area contributed by atoms with Crippen LogP contribution in [0, 0.1) is 6.92 Å². The van der Waals surface area contributed by atoms with Gasteiger partial charge in [-0.25, -0.2) is 8.42 Å². The van der Waals surface area contributed by atoms with E-state index in [9.17, 15) is 18.0 Å². The van der Waals surface area contributed by atoms with Crippen molar-refractivity contribution in [2.45, 2.75) is 52.6 Å². The van der Waals surface area contributed by atoms with Crippen molar-refractivity contribution >= 4 is 27.5 Å². The molecular weight excluding hydrogens is 538 g/mol. The smallest absolute Gasteiger partial charge is 0.243 e. The largest absolute Gasteiger partial charge is 0.492 e. The van der Waals surface area contributed by atoms with E-state index >= 15 is 0 Å². The number of sulfonamides is 1. The van der Waals surface area contributed by atoms with Crippen LogP contribution in [0.3, 0.4) is 0 Å². The van der Waals surface area contributed by atoms with Crippen molar-refractivity contribution in [3.63, 3.8) is 0 Å². The van der Waals surface area contributed by atoms with Crippen LogP contribution >= 0.6 is 0 Å². The van der Waals surface area contributed by atoms with Gasteiger partial charge in [-0.05, 0) is 50.5 Å². The number of para-hydroxylation sites is 2. The van der Waals surface area contributed by atoms with E-state index in [1.54, 1.807) is 29.2 Å². The minimum atomic E-state index is -3.64. The molecule has 0 fully saturated rings. The Bertz CT molecular complexity index is 1380. The molecule has 0 bridgehead atoms. The van der Waals surface area contributed by atoms with Gasteiger partial charge < -0.3 is 15.0 Å². The highest BCUT2D eigenvalue weighted by molar-refractivity contribution is 7.92. The molecule has 0 heterocycles. The molecule has 3 rings (SSSR count). The number of ether oxygens (including phenoxy) is 1. The number of nitrogens with zero attached hydrogens (tertiary/aromatic N) is 2. The van der Waals surface area contributed by atoms with E-state index in [2.05, 4.69) is 5.32 Å². The summed E-state index contributed by atoms with van der Waals surface area (Å²) in [6, 6.07) is 23.8. The van der Waals surface area contributed by atoms with Gasteiger partial charge in [0.05, 0.1) is 18.6 Å². The first-order chi connectivity index (χ1) is 19.6. The molecule has 8 nitrogen and oxygen atoms in total. The average Bonchev–Trinajstić information content (AvgIpc) is 2.94. The zero-order valence-corrected chi connectivity index (χ0v) is 25.2. The molecule has 3 aromatic carbocycles. The number of carbonyl (C=O) groups is 2. The van der Waals surface area contributed by atoms with Gasteiger partial charge in [0, 0.05) is 32.5 Å². The molecule has 0 saturated carbocycles. The number of amides is 2. The lowest BCUT2D eigenvalue weighted by Gasteiger charge is -2.32. The summed E-state index contributed by atoms with van der Waals surface area (Å²) >= 11 is 0. The number of benzene rings is 3. The van der Waals surface area contributed by atoms with Crippen LogP contribution in [-0.2, 0) is 32.6 Å². The molecule has 1 N–H and O–H groups in total. The molecule has 2 amide bonds. The maximum absolute atomic E-state index is 13.8. The zero-order chi connectivity index (χ0) is 29.8. The van der Waals surface area contributed by atoms with Crippen molar-refractivity contribution in [2.75, 3.05) is 30.3 Å². The second-order valence-electron chi connectivity index (χ2n) is 9.95. The molecule has 0 aliphatic rings. The minimum absolute atomic E-state index is 0.0688. The summed E-state index contributed by atoms with van der Waals surface area (Å²) in [6.07, 6.45) is 1.84. The Balaban J connectivity index is 1.87. The first kappa shape index (κ1) is 31.7. The van der Waals surface area contributed by atoms with Gasteiger partial charge in [0.25, 0.3) is 0 Å². The molecule has 0 aromatic heterocycles. The molecule has 0 spiro atoms. The van der Waals surface area contributed by atoms with Crippen LogP contribution in [0.4, 0.5) is 5.69 Å². The normalized spacial score (nSPS) is 11.9. The number of rotatable bonds is 15. The Labute approximate surface area is 244 Å². The quantitative estimate of drug-likeness (QED) is 0.281. The topological polar surface area (TPSA) is 96.0 Å². The number of hydrogen-bond acceptors (Lipinski definition) is 5. The molecule has 3 aromatic rings. The summed E-state index contributed by atoms with van der Waals surface area (Å²) in [4.78, 5) is 28.8. The molecule has 0 saturated heterocycles. The van der Waals surface area contributed by atoms with E-state index in [4.69, 9.17) is 4.74 Å². The van der Waals surface area contributed by atoms with Crippen LogP contribution in [-0.4, -0.2) is 57.1 Å². The van der Waals surface area contributed by atoms with E-state index in [1.165, 1.54) is 4.31 Å². The first-order valence-corrected chi connectivity index (χ1v) is 15.8. The average molecular weight is 580 g/mol. The summed E-state index contributed by atoms with van der Waals surface area (Å²) < 4.78 is 32.5. The highest BCUT2D eigenvalue weighted by Crippen LogP contribution is 2.30. The van der Waals surface area contributed by atoms with Gasteiger partial charge in [-0.15, -0.1) is 0 Å². The van der Waals surface area contributed by atoms with Crippen LogP contribution in [0.15, 0.2) is 78.9 Å². The Morgan fingerprint density at radius 1 is 0.902 bits per heavy atom. The van der Waals surface area contributed by atoms with E-state index in [0.717, 1.165) is 22.9 Å². The third-order valence-corrected chi connectivity index (χ3v) is 7.86. The fourth-order valence-electron chi connectivity index (χ4n) is 4.66. The van der Waals surface area contributed by atoms with Crippen LogP contribution in [0.1, 0.15) is 43.4 Å². The molecule has 0 aliphatic heterocycles. The second-order valence-corrected chi connectivity index (χ2v) is 11.9. The molecular formula is C32H41N3O5S. The molecule has 1 atom stereocenters. The predicted molar refractivity (Wildman–Crippen MR) is 163 cm³/mol. The second kappa shape index (κ2) is 15.2. The molecule has 0 aliphatic carbocycles. The number of carbonyl (C=O) groups excluding carboxylic acids is 2. The summed E-state index contributed by atoms with van der Waals surface area (Å²) in [7, 11) is -3.64. The lowest BCUT2D eigenvalue weighted by molar-refractivity contribution is -0.141. The Hall–Kier alpha value is -3.85. The van der Waals surface area contributed by atoms with Crippen molar-refractivity contribution in [1.29, 1.82) is 0 Å². The van der Waals surface area contributed by atoms with Gasteiger partial charge in [-0.2, -0.15) is 0 Å². The SMILES string of the molecule is CCNC(=O)[C@@H](Cc1ccccc1)N(Cc1ccc(C)cc1)C(=O)CCCN(c1ccccc1OCC)S(C)(=O)=O. The summed E-state index contributed by atoms with van der Waals surface area (Å²) in [5.41, 5.74) is 3.39. The van der Waals surface area contributed by atoms with Crippen molar-refractivity contribution < 1.29 is 22.7 Å². The highest BCUT2D eigenvalue weighted by atomic mass is 32.2. The zero-order valence-electron chi connectivity index (χ0n) is 24.4.